The van der Waals surface area contributed by atoms with Gasteiger partial charge in [-0.3, -0.25) is 19.6 Å². The molecule has 2 aromatic heterocycles. The Morgan fingerprint density at radius 2 is 1.88 bits per heavy atom. The quantitative estimate of drug-likeness (QED) is 0.311. The Morgan fingerprint density at radius 3 is 2.51 bits per heavy atom. The number of rotatable bonds is 7. The Labute approximate surface area is 245 Å². The highest BCUT2D eigenvalue weighted by molar-refractivity contribution is 7.09. The van der Waals surface area contributed by atoms with Gasteiger partial charge in [0.25, 0.3) is 11.8 Å². The molecule has 2 aliphatic rings. The predicted octanol–water partition coefficient (Wildman–Crippen LogP) is 5.36. The largest absolute Gasteiger partial charge is 0.352 e. The minimum atomic E-state index is -0.187. The number of nitrogens with one attached hydrogen (secondary N) is 2. The number of benzene rings is 2. The van der Waals surface area contributed by atoms with Crippen LogP contribution in [0.5, 0.6) is 0 Å². The number of carbonyl (C=O) groups is 2. The monoisotopic (exact) mass is 568 g/mol. The van der Waals surface area contributed by atoms with Crippen LogP contribution in [0.1, 0.15) is 68.7 Å². The molecule has 0 saturated carbocycles. The summed E-state index contributed by atoms with van der Waals surface area (Å²) in [5.74, 6) is -0.276. The molecule has 2 aromatic carbocycles. The second kappa shape index (κ2) is 13.6. The second-order valence-electron chi connectivity index (χ2n) is 10.5. The van der Waals surface area contributed by atoms with Crippen LogP contribution in [0.2, 0.25) is 0 Å². The van der Waals surface area contributed by atoms with E-state index in [1.807, 2.05) is 41.5 Å². The molecule has 4 heterocycles. The number of likely N-dealkylation sites (tertiary alicyclic amines) is 1. The summed E-state index contributed by atoms with van der Waals surface area (Å²) in [6.45, 7) is 6.36. The second-order valence-corrected chi connectivity index (χ2v) is 11.4. The number of aryl methyl sites for hydroxylation is 2. The lowest BCUT2D eigenvalue weighted by Gasteiger charge is -2.27. The zero-order chi connectivity index (χ0) is 28.6. The summed E-state index contributed by atoms with van der Waals surface area (Å²) < 4.78 is 0. The van der Waals surface area contributed by atoms with Gasteiger partial charge in [-0.15, -0.1) is 11.3 Å². The Balaban J connectivity index is 0.000000423. The summed E-state index contributed by atoms with van der Waals surface area (Å²) in [5, 5.41) is 9.33. The lowest BCUT2D eigenvalue weighted by molar-refractivity contribution is 0.0735. The Kier molecular flexibility index (Phi) is 9.48. The Bertz CT molecular complexity index is 1460. The molecule has 8 nitrogen and oxygen atoms in total. The highest BCUT2D eigenvalue weighted by atomic mass is 32.1. The SMILES string of the molecule is Cc1ccccc1.Cc1csc(C2CCCN2C(=O)c2cc(C(=O)NCCC3CCN3)cc(-c3cnccn3)c2)n1. The van der Waals surface area contributed by atoms with Crippen molar-refractivity contribution in [3.63, 3.8) is 0 Å². The van der Waals surface area contributed by atoms with Crippen LogP contribution in [-0.4, -0.2) is 57.3 Å². The molecule has 2 atom stereocenters. The number of amides is 2. The molecule has 9 heteroatoms. The fraction of sp³-hybridized carbons (Fsp3) is 0.344. The van der Waals surface area contributed by atoms with Crippen LogP contribution < -0.4 is 10.6 Å². The van der Waals surface area contributed by atoms with E-state index in [2.05, 4.69) is 44.6 Å². The van der Waals surface area contributed by atoms with Gasteiger partial charge in [-0.05, 0) is 64.3 Å². The number of nitrogens with zero attached hydrogens (tertiary/aromatic N) is 4. The first-order valence-electron chi connectivity index (χ1n) is 14.2. The van der Waals surface area contributed by atoms with E-state index in [-0.39, 0.29) is 17.9 Å². The van der Waals surface area contributed by atoms with Gasteiger partial charge < -0.3 is 15.5 Å². The van der Waals surface area contributed by atoms with Crippen LogP contribution in [0, 0.1) is 13.8 Å². The maximum atomic E-state index is 13.7. The van der Waals surface area contributed by atoms with Crippen molar-refractivity contribution in [1.82, 2.24) is 30.5 Å². The number of hydrogen-bond acceptors (Lipinski definition) is 7. The predicted molar refractivity (Wildman–Crippen MR) is 162 cm³/mol. The summed E-state index contributed by atoms with van der Waals surface area (Å²) in [5.41, 5.74) is 4.55. The molecule has 6 rings (SSSR count). The maximum Gasteiger partial charge on any atom is 0.254 e. The van der Waals surface area contributed by atoms with Crippen LogP contribution in [0.15, 0.2) is 72.5 Å². The summed E-state index contributed by atoms with van der Waals surface area (Å²) >= 11 is 1.60. The average Bonchev–Trinajstić information content (AvgIpc) is 3.64. The number of aromatic nitrogens is 3. The molecule has 2 N–H and O–H groups in total. The Morgan fingerprint density at radius 1 is 1.07 bits per heavy atom. The van der Waals surface area contributed by atoms with Crippen LogP contribution in [0.25, 0.3) is 11.3 Å². The minimum Gasteiger partial charge on any atom is -0.352 e. The van der Waals surface area contributed by atoms with Crippen molar-refractivity contribution < 1.29 is 9.59 Å². The standard InChI is InChI=1S/C25H28N6O2S.C7H8/c1-16-15-34-24(30-16)22-3-2-10-31(22)25(33)19-12-17(21-14-26-8-9-28-21)11-18(13-19)23(32)29-7-5-20-4-6-27-20;1-7-5-3-2-4-6-7/h8-9,11-15,20,22,27H,2-7,10H2,1H3,(H,29,32);2-6H,1H3. The van der Waals surface area contributed by atoms with Gasteiger partial charge in [-0.25, -0.2) is 4.98 Å². The first-order chi connectivity index (χ1) is 20.0. The van der Waals surface area contributed by atoms with E-state index in [0.717, 1.165) is 42.9 Å². The van der Waals surface area contributed by atoms with Gasteiger partial charge in [0, 0.05) is 59.3 Å². The van der Waals surface area contributed by atoms with Gasteiger partial charge in [0.1, 0.15) is 5.01 Å². The van der Waals surface area contributed by atoms with Gasteiger partial charge in [-0.1, -0.05) is 35.9 Å². The van der Waals surface area contributed by atoms with E-state index in [1.165, 1.54) is 5.56 Å². The molecule has 4 aromatic rings. The molecule has 41 heavy (non-hydrogen) atoms. The smallest absolute Gasteiger partial charge is 0.254 e. The zero-order valence-corrected chi connectivity index (χ0v) is 24.4. The van der Waals surface area contributed by atoms with E-state index < -0.39 is 0 Å². The highest BCUT2D eigenvalue weighted by Crippen LogP contribution is 2.35. The van der Waals surface area contributed by atoms with Gasteiger partial charge in [0.2, 0.25) is 0 Å². The van der Waals surface area contributed by atoms with Crippen LogP contribution in [0.3, 0.4) is 0 Å². The molecule has 2 fully saturated rings. The zero-order valence-electron chi connectivity index (χ0n) is 23.5. The first-order valence-corrected chi connectivity index (χ1v) is 15.0. The molecule has 0 aliphatic carbocycles. The fourth-order valence-electron chi connectivity index (χ4n) is 5.03. The van der Waals surface area contributed by atoms with Gasteiger partial charge >= 0.3 is 0 Å². The first kappa shape index (κ1) is 28.6. The number of carbonyl (C=O) groups excluding carboxylic acids is 2. The van der Waals surface area contributed by atoms with E-state index in [0.29, 0.717) is 41.5 Å². The van der Waals surface area contributed by atoms with Gasteiger partial charge in [-0.2, -0.15) is 0 Å². The molecule has 2 aliphatic heterocycles. The van der Waals surface area contributed by atoms with Gasteiger partial charge in [0.05, 0.1) is 17.9 Å². The molecule has 0 radical (unpaired) electrons. The third-order valence-corrected chi connectivity index (χ3v) is 8.45. The fourth-order valence-corrected chi connectivity index (χ4v) is 5.97. The lowest BCUT2D eigenvalue weighted by Crippen LogP contribution is -2.44. The van der Waals surface area contributed by atoms with E-state index in [4.69, 9.17) is 0 Å². The third-order valence-electron chi connectivity index (χ3n) is 7.38. The molecule has 0 spiro atoms. The van der Waals surface area contributed by atoms with E-state index >= 15 is 0 Å². The van der Waals surface area contributed by atoms with Crippen molar-refractivity contribution in [2.75, 3.05) is 19.6 Å². The van der Waals surface area contributed by atoms with Crippen molar-refractivity contribution in [3.05, 3.63) is 99.9 Å². The van der Waals surface area contributed by atoms with E-state index in [1.54, 1.807) is 42.1 Å². The molecule has 2 amide bonds. The van der Waals surface area contributed by atoms with Crippen LogP contribution in [-0.2, 0) is 0 Å². The molecular formula is C32H36N6O2S. The average molecular weight is 569 g/mol. The van der Waals surface area contributed by atoms with Crippen molar-refractivity contribution in [2.24, 2.45) is 0 Å². The number of thiazole rings is 1. The molecule has 0 bridgehead atoms. The summed E-state index contributed by atoms with van der Waals surface area (Å²) in [7, 11) is 0. The minimum absolute atomic E-state index is 0.0290. The summed E-state index contributed by atoms with van der Waals surface area (Å²) in [6.07, 6.45) is 8.72. The molecular weight excluding hydrogens is 532 g/mol. The van der Waals surface area contributed by atoms with Gasteiger partial charge in [0.15, 0.2) is 0 Å². The van der Waals surface area contributed by atoms with E-state index in [9.17, 15) is 9.59 Å². The van der Waals surface area contributed by atoms with Crippen LogP contribution >= 0.6 is 11.3 Å². The summed E-state index contributed by atoms with van der Waals surface area (Å²) in [4.78, 5) is 41.7. The number of hydrogen-bond donors (Lipinski definition) is 2. The van der Waals surface area contributed by atoms with Crippen LogP contribution in [0.4, 0.5) is 0 Å². The van der Waals surface area contributed by atoms with Crippen molar-refractivity contribution in [3.8, 4) is 11.3 Å². The topological polar surface area (TPSA) is 100 Å². The van der Waals surface area contributed by atoms with Crippen molar-refractivity contribution >= 4 is 23.2 Å². The maximum absolute atomic E-state index is 13.7. The Hall–Kier alpha value is -3.95. The van der Waals surface area contributed by atoms with Crippen molar-refractivity contribution in [2.45, 2.75) is 51.6 Å². The molecule has 212 valence electrons. The van der Waals surface area contributed by atoms with Crippen molar-refractivity contribution in [1.29, 1.82) is 0 Å². The summed E-state index contributed by atoms with van der Waals surface area (Å²) in [6, 6.07) is 16.0. The third kappa shape index (κ3) is 7.42. The molecule has 2 unspecified atom stereocenters. The lowest BCUT2D eigenvalue weighted by atomic mass is 10.0. The highest BCUT2D eigenvalue weighted by Gasteiger charge is 2.33. The molecule has 2 saturated heterocycles. The normalized spacial score (nSPS) is 17.8.